The van der Waals surface area contributed by atoms with Crippen LogP contribution in [0, 0.1) is 0 Å². The summed E-state index contributed by atoms with van der Waals surface area (Å²) in [5.74, 6) is 0. The first-order valence-corrected chi connectivity index (χ1v) is 15.5. The van der Waals surface area contributed by atoms with E-state index in [-0.39, 0.29) is 5.41 Å². The number of hydrogen-bond donors (Lipinski definition) is 0. The highest BCUT2D eigenvalue weighted by Crippen LogP contribution is 2.67. The van der Waals surface area contributed by atoms with Crippen molar-refractivity contribution in [1.29, 1.82) is 0 Å². The molecule has 2 spiro atoms. The van der Waals surface area contributed by atoms with Crippen molar-refractivity contribution < 1.29 is 0 Å². The smallest absolute Gasteiger partial charge is 0.0720 e. The fourth-order valence-electron chi connectivity index (χ4n) is 8.87. The van der Waals surface area contributed by atoms with Gasteiger partial charge in [0.1, 0.15) is 0 Å². The highest BCUT2D eigenvalue weighted by atomic mass is 14.6. The Kier molecular flexibility index (Phi) is 5.23. The lowest BCUT2D eigenvalue weighted by Crippen LogP contribution is -2.43. The molecule has 0 unspecified atom stereocenters. The van der Waals surface area contributed by atoms with E-state index >= 15 is 0 Å². The van der Waals surface area contributed by atoms with E-state index in [0.717, 1.165) is 0 Å². The van der Waals surface area contributed by atoms with Gasteiger partial charge in [-0.05, 0) is 110 Å². The number of pyridine rings is 1. The maximum absolute atomic E-state index is 4.29. The summed E-state index contributed by atoms with van der Waals surface area (Å²) in [6.07, 6.45) is 8.26. The fourth-order valence-corrected chi connectivity index (χ4v) is 8.87. The van der Waals surface area contributed by atoms with Gasteiger partial charge in [-0.15, -0.1) is 0 Å². The zero-order valence-electron chi connectivity index (χ0n) is 24.9. The molecule has 3 aliphatic rings. The van der Waals surface area contributed by atoms with Gasteiger partial charge in [-0.3, -0.25) is 4.98 Å². The zero-order valence-corrected chi connectivity index (χ0v) is 24.9. The Morgan fingerprint density at radius 1 is 0.477 bits per heavy atom. The summed E-state index contributed by atoms with van der Waals surface area (Å²) in [5, 5.41) is 0. The van der Waals surface area contributed by atoms with Crippen LogP contribution in [0.15, 0.2) is 158 Å². The summed E-state index contributed by atoms with van der Waals surface area (Å²) in [6, 6.07) is 48.0. The predicted octanol–water partition coefficient (Wildman–Crippen LogP) is 10.1. The molecule has 0 N–H and O–H groups in total. The normalized spacial score (nSPS) is 20.5. The van der Waals surface area contributed by atoms with Crippen LogP contribution in [0.5, 0.6) is 0 Å². The second-order valence-corrected chi connectivity index (χ2v) is 12.2. The Morgan fingerprint density at radius 3 is 1.59 bits per heavy atom. The summed E-state index contributed by atoms with van der Waals surface area (Å²) >= 11 is 0. The number of fused-ring (bicyclic) bond motifs is 13. The Bertz CT molecular complexity index is 2150. The van der Waals surface area contributed by atoms with Crippen LogP contribution in [0.25, 0.3) is 27.8 Å². The van der Waals surface area contributed by atoms with E-state index < -0.39 is 5.41 Å². The van der Waals surface area contributed by atoms with Gasteiger partial charge in [-0.25, -0.2) is 0 Å². The van der Waals surface area contributed by atoms with Crippen molar-refractivity contribution in [1.82, 2.24) is 4.98 Å². The highest BCUT2D eigenvalue weighted by Gasteiger charge is 2.58. The first kappa shape index (κ1) is 25.2. The van der Waals surface area contributed by atoms with Gasteiger partial charge in [0, 0.05) is 12.4 Å². The summed E-state index contributed by atoms with van der Waals surface area (Å²) < 4.78 is 0. The molecule has 6 aromatic rings. The molecule has 44 heavy (non-hydrogen) atoms. The van der Waals surface area contributed by atoms with E-state index in [0.29, 0.717) is 0 Å². The van der Waals surface area contributed by atoms with E-state index in [2.05, 4.69) is 158 Å². The number of allylic oxidation sites excluding steroid dienone is 4. The van der Waals surface area contributed by atoms with Gasteiger partial charge in [0.15, 0.2) is 0 Å². The van der Waals surface area contributed by atoms with Crippen molar-refractivity contribution in [2.75, 3.05) is 0 Å². The molecule has 5 aromatic carbocycles. The molecule has 208 valence electrons. The van der Waals surface area contributed by atoms with Gasteiger partial charge >= 0.3 is 0 Å². The Balaban J connectivity index is 1.47. The van der Waals surface area contributed by atoms with Crippen molar-refractivity contribution >= 4 is 5.57 Å². The second kappa shape index (κ2) is 9.11. The van der Waals surface area contributed by atoms with Crippen LogP contribution in [-0.2, 0) is 10.8 Å². The van der Waals surface area contributed by atoms with Gasteiger partial charge in [0.05, 0.1) is 10.8 Å². The first-order chi connectivity index (χ1) is 21.7. The van der Waals surface area contributed by atoms with E-state index in [9.17, 15) is 0 Å². The van der Waals surface area contributed by atoms with Crippen LogP contribution in [0.4, 0.5) is 0 Å². The minimum atomic E-state index is -0.452. The summed E-state index contributed by atoms with van der Waals surface area (Å²) in [7, 11) is 0. The maximum Gasteiger partial charge on any atom is 0.0720 e. The molecule has 1 aromatic heterocycles. The molecule has 0 saturated heterocycles. The second-order valence-electron chi connectivity index (χ2n) is 12.2. The lowest BCUT2D eigenvalue weighted by atomic mass is 9.52. The van der Waals surface area contributed by atoms with Crippen LogP contribution in [-0.4, -0.2) is 4.98 Å². The number of hydrogen-bond acceptors (Lipinski definition) is 1. The van der Waals surface area contributed by atoms with Crippen molar-refractivity contribution in [3.8, 4) is 22.3 Å². The van der Waals surface area contributed by atoms with Gasteiger partial charge in [0.2, 0.25) is 0 Å². The van der Waals surface area contributed by atoms with Gasteiger partial charge in [-0.1, -0.05) is 121 Å². The molecule has 0 saturated carbocycles. The minimum Gasteiger partial charge on any atom is -0.265 e. The lowest BCUT2D eigenvalue weighted by Gasteiger charge is -2.49. The molecule has 9 rings (SSSR count). The average Bonchev–Trinajstić information content (AvgIpc) is 3.51. The quantitative estimate of drug-likeness (QED) is 0.205. The zero-order chi connectivity index (χ0) is 29.5. The largest absolute Gasteiger partial charge is 0.265 e. The van der Waals surface area contributed by atoms with Gasteiger partial charge < -0.3 is 0 Å². The number of rotatable bonds is 2. The fraction of sp³-hybridized carbons (Fsp3) is 0.0930. The van der Waals surface area contributed by atoms with Gasteiger partial charge in [0.25, 0.3) is 0 Å². The van der Waals surface area contributed by atoms with Crippen LogP contribution < -0.4 is 0 Å². The molecule has 0 aliphatic heterocycles. The molecule has 1 heteroatoms. The highest BCUT2D eigenvalue weighted by molar-refractivity contribution is 5.95. The van der Waals surface area contributed by atoms with Crippen molar-refractivity contribution in [2.24, 2.45) is 0 Å². The third kappa shape index (κ3) is 2.92. The van der Waals surface area contributed by atoms with Crippen LogP contribution in [0.3, 0.4) is 0 Å². The predicted molar refractivity (Wildman–Crippen MR) is 181 cm³/mol. The summed E-state index contributed by atoms with van der Waals surface area (Å²) in [5.41, 5.74) is 17.8. The lowest BCUT2D eigenvalue weighted by molar-refractivity contribution is 0.623. The molecule has 1 nitrogen and oxygen atoms in total. The Morgan fingerprint density at radius 2 is 0.977 bits per heavy atom. The van der Waals surface area contributed by atoms with E-state index in [4.69, 9.17) is 0 Å². The monoisotopic (exact) mass is 561 g/mol. The minimum absolute atomic E-state index is 0.385. The Labute approximate surface area is 258 Å². The maximum atomic E-state index is 4.29. The van der Waals surface area contributed by atoms with E-state index in [1.807, 2.05) is 12.4 Å². The topological polar surface area (TPSA) is 12.9 Å². The molecule has 1 heterocycles. The van der Waals surface area contributed by atoms with Crippen LogP contribution in [0.2, 0.25) is 0 Å². The van der Waals surface area contributed by atoms with Gasteiger partial charge in [-0.2, -0.15) is 0 Å². The third-order valence-electron chi connectivity index (χ3n) is 10.4. The van der Waals surface area contributed by atoms with Crippen LogP contribution >= 0.6 is 0 Å². The molecular weight excluding hydrogens is 530 g/mol. The molecule has 0 fully saturated rings. The van der Waals surface area contributed by atoms with E-state index in [1.165, 1.54) is 77.9 Å². The van der Waals surface area contributed by atoms with E-state index in [1.54, 1.807) is 0 Å². The first-order valence-electron chi connectivity index (χ1n) is 15.5. The average molecular weight is 562 g/mol. The molecule has 0 amide bonds. The molecule has 0 atom stereocenters. The molecule has 3 aliphatic carbocycles. The summed E-state index contributed by atoms with van der Waals surface area (Å²) in [4.78, 5) is 4.29. The summed E-state index contributed by atoms with van der Waals surface area (Å²) in [6.45, 7) is 4.48. The number of benzene rings is 5. The number of nitrogens with zero attached hydrogens (tertiary/aromatic N) is 1. The van der Waals surface area contributed by atoms with Crippen molar-refractivity contribution in [3.05, 3.63) is 202 Å². The Hall–Kier alpha value is -5.27. The van der Waals surface area contributed by atoms with Crippen LogP contribution in [0.1, 0.15) is 58.4 Å². The molecular formula is C43H31N. The van der Waals surface area contributed by atoms with Crippen molar-refractivity contribution in [3.63, 3.8) is 0 Å². The standard InChI is InChI=1S/C43H31N/c1-3-12-31-28(2)42(35-15-6-4-13-32(31)35)37-17-8-10-19-39(37)43(40-20-11-9-18-38(40)42)36-16-7-5-14-33(36)34-22-21-30(27-41(34)43)29-23-25-44-26-24-29/h3-27H,1-2H3/b12-3-. The van der Waals surface area contributed by atoms with Crippen molar-refractivity contribution in [2.45, 2.75) is 24.7 Å². The molecule has 0 radical (unpaired) electrons. The SMILES string of the molecule is C/C=C\C1=C(C)C2(c3ccccc31)c1ccccc1C1(c3ccccc3-c3ccc(-c4ccncc4)cc31)c1ccccc12. The molecule has 0 bridgehead atoms. The third-order valence-corrected chi connectivity index (χ3v) is 10.4. The number of aromatic nitrogens is 1.